The van der Waals surface area contributed by atoms with Crippen LogP contribution in [-0.2, 0) is 11.2 Å². The number of aromatic nitrogens is 4. The first-order valence-corrected chi connectivity index (χ1v) is 8.63. The molecule has 1 aromatic carbocycles. The van der Waals surface area contributed by atoms with E-state index in [1.54, 1.807) is 17.3 Å². The van der Waals surface area contributed by atoms with E-state index >= 15 is 0 Å². The molecule has 1 fully saturated rings. The second kappa shape index (κ2) is 6.31. The number of carbonyl (C=O) groups excluding carboxylic acids is 1. The van der Waals surface area contributed by atoms with E-state index in [-0.39, 0.29) is 18.2 Å². The van der Waals surface area contributed by atoms with Gasteiger partial charge in [0.25, 0.3) is 0 Å². The van der Waals surface area contributed by atoms with E-state index in [0.29, 0.717) is 36.1 Å². The summed E-state index contributed by atoms with van der Waals surface area (Å²) in [5.41, 5.74) is 2.21. The molecule has 8 nitrogen and oxygen atoms in total. The number of amides is 1. The van der Waals surface area contributed by atoms with Gasteiger partial charge in [-0.15, -0.1) is 0 Å². The second-order valence-corrected chi connectivity index (χ2v) is 6.49. The lowest BCUT2D eigenvalue weighted by Gasteiger charge is -2.37. The van der Waals surface area contributed by atoms with Crippen molar-refractivity contribution in [3.05, 3.63) is 60.4 Å². The molecular formula is C19H15N5O3. The van der Waals surface area contributed by atoms with Crippen molar-refractivity contribution < 1.29 is 13.8 Å². The Morgan fingerprint density at radius 3 is 2.74 bits per heavy atom. The highest BCUT2D eigenvalue weighted by atomic mass is 16.5. The summed E-state index contributed by atoms with van der Waals surface area (Å²) in [4.78, 5) is 22.7. The molecule has 3 aromatic heterocycles. The van der Waals surface area contributed by atoms with E-state index in [1.807, 2.05) is 36.4 Å². The summed E-state index contributed by atoms with van der Waals surface area (Å²) in [6, 6.07) is 11.2. The van der Waals surface area contributed by atoms with Gasteiger partial charge in [0.2, 0.25) is 17.6 Å². The zero-order valence-corrected chi connectivity index (χ0v) is 14.3. The fourth-order valence-corrected chi connectivity index (χ4v) is 3.18. The smallest absolute Gasteiger partial charge is 0.233 e. The Hall–Kier alpha value is -3.55. The zero-order chi connectivity index (χ0) is 18.2. The Balaban J connectivity index is 1.23. The molecule has 1 aliphatic rings. The Bertz CT molecular complexity index is 1100. The predicted octanol–water partition coefficient (Wildman–Crippen LogP) is 2.44. The predicted molar refractivity (Wildman–Crippen MR) is 94.6 cm³/mol. The maximum atomic E-state index is 12.5. The van der Waals surface area contributed by atoms with Crippen molar-refractivity contribution in [2.45, 2.75) is 12.3 Å². The zero-order valence-electron chi connectivity index (χ0n) is 14.3. The minimum absolute atomic E-state index is 0.0131. The number of likely N-dealkylation sites (tertiary alicyclic amines) is 1. The lowest BCUT2D eigenvalue weighted by molar-refractivity contribution is -0.135. The van der Waals surface area contributed by atoms with Gasteiger partial charge in [-0.2, -0.15) is 4.98 Å². The summed E-state index contributed by atoms with van der Waals surface area (Å²) < 4.78 is 10.6. The number of para-hydroxylation sites is 1. The number of benzene rings is 1. The van der Waals surface area contributed by atoms with Crippen LogP contribution in [0.5, 0.6) is 0 Å². The van der Waals surface area contributed by atoms with Crippen molar-refractivity contribution in [3.63, 3.8) is 0 Å². The van der Waals surface area contributed by atoms with Gasteiger partial charge in [0.1, 0.15) is 5.69 Å². The van der Waals surface area contributed by atoms with Gasteiger partial charge < -0.3 is 13.9 Å². The minimum atomic E-state index is 0.0131. The van der Waals surface area contributed by atoms with Gasteiger partial charge in [-0.3, -0.25) is 9.78 Å². The summed E-state index contributed by atoms with van der Waals surface area (Å²) in [7, 11) is 0. The monoisotopic (exact) mass is 361 g/mol. The molecule has 0 N–H and O–H groups in total. The Labute approximate surface area is 153 Å². The molecule has 0 unspecified atom stereocenters. The van der Waals surface area contributed by atoms with Gasteiger partial charge >= 0.3 is 0 Å². The summed E-state index contributed by atoms with van der Waals surface area (Å²) in [6.07, 6.45) is 3.58. The van der Waals surface area contributed by atoms with Crippen molar-refractivity contribution in [1.82, 2.24) is 25.2 Å². The number of rotatable bonds is 4. The van der Waals surface area contributed by atoms with Gasteiger partial charge in [0.05, 0.1) is 12.3 Å². The summed E-state index contributed by atoms with van der Waals surface area (Å²) in [5.74, 6) is 1.16. The fourth-order valence-electron chi connectivity index (χ4n) is 3.18. The molecule has 0 aliphatic carbocycles. The molecule has 1 saturated heterocycles. The number of nitrogens with zero attached hydrogens (tertiary/aromatic N) is 5. The highest BCUT2D eigenvalue weighted by Gasteiger charge is 2.36. The first-order valence-electron chi connectivity index (χ1n) is 8.63. The highest BCUT2D eigenvalue weighted by molar-refractivity contribution is 5.86. The van der Waals surface area contributed by atoms with E-state index in [9.17, 15) is 4.79 Å². The van der Waals surface area contributed by atoms with E-state index in [4.69, 9.17) is 9.05 Å². The average molecular weight is 361 g/mol. The third kappa shape index (κ3) is 2.84. The normalized spacial score (nSPS) is 14.4. The summed E-state index contributed by atoms with van der Waals surface area (Å²) >= 11 is 0. The van der Waals surface area contributed by atoms with Crippen LogP contribution in [0.15, 0.2) is 57.8 Å². The molecule has 8 heteroatoms. The van der Waals surface area contributed by atoms with Gasteiger partial charge in [-0.25, -0.2) is 0 Å². The third-order valence-electron chi connectivity index (χ3n) is 4.73. The van der Waals surface area contributed by atoms with Gasteiger partial charge in [0.15, 0.2) is 5.58 Å². The standard InChI is InChI=1S/C19H15N5O3/c25-17(9-15-14-3-1-2-4-16(14)26-22-15)24-10-13(11-24)19-21-18(23-27-19)12-5-7-20-8-6-12/h1-8,13H,9-11H2. The van der Waals surface area contributed by atoms with Crippen molar-refractivity contribution in [2.75, 3.05) is 13.1 Å². The molecule has 5 rings (SSSR count). The van der Waals surface area contributed by atoms with E-state index < -0.39 is 0 Å². The van der Waals surface area contributed by atoms with Crippen LogP contribution in [0.1, 0.15) is 17.5 Å². The van der Waals surface area contributed by atoms with Crippen LogP contribution >= 0.6 is 0 Å². The average Bonchev–Trinajstić information content (AvgIpc) is 3.29. The molecule has 0 bridgehead atoms. The molecule has 0 spiro atoms. The number of carbonyl (C=O) groups is 1. The Kier molecular flexibility index (Phi) is 3.67. The summed E-state index contributed by atoms with van der Waals surface area (Å²) in [5, 5.41) is 8.91. The maximum absolute atomic E-state index is 12.5. The number of hydrogen-bond acceptors (Lipinski definition) is 7. The molecule has 0 saturated carbocycles. The third-order valence-corrected chi connectivity index (χ3v) is 4.73. The first-order chi connectivity index (χ1) is 13.3. The number of fused-ring (bicyclic) bond motifs is 1. The molecular weight excluding hydrogens is 346 g/mol. The van der Waals surface area contributed by atoms with Gasteiger partial charge in [-0.1, -0.05) is 22.4 Å². The van der Waals surface area contributed by atoms with E-state index in [1.165, 1.54) is 0 Å². The fraction of sp³-hybridized carbons (Fsp3) is 0.211. The van der Waals surface area contributed by atoms with Crippen LogP contribution in [0, 0.1) is 0 Å². The molecule has 134 valence electrons. The molecule has 0 atom stereocenters. The maximum Gasteiger partial charge on any atom is 0.233 e. The molecule has 1 amide bonds. The van der Waals surface area contributed by atoms with E-state index in [0.717, 1.165) is 10.9 Å². The Morgan fingerprint density at radius 1 is 1.07 bits per heavy atom. The Morgan fingerprint density at radius 2 is 1.89 bits per heavy atom. The largest absolute Gasteiger partial charge is 0.356 e. The van der Waals surface area contributed by atoms with Crippen molar-refractivity contribution >= 4 is 16.9 Å². The van der Waals surface area contributed by atoms with Gasteiger partial charge in [0, 0.05) is 36.4 Å². The van der Waals surface area contributed by atoms with Crippen LogP contribution in [0.3, 0.4) is 0 Å². The van der Waals surface area contributed by atoms with Crippen molar-refractivity contribution in [3.8, 4) is 11.4 Å². The van der Waals surface area contributed by atoms with Crippen molar-refractivity contribution in [1.29, 1.82) is 0 Å². The first kappa shape index (κ1) is 15.7. The molecule has 1 aliphatic heterocycles. The number of hydrogen-bond donors (Lipinski definition) is 0. The lowest BCUT2D eigenvalue weighted by Crippen LogP contribution is -2.49. The molecule has 4 heterocycles. The van der Waals surface area contributed by atoms with Crippen LogP contribution in [0.25, 0.3) is 22.4 Å². The molecule has 0 radical (unpaired) electrons. The minimum Gasteiger partial charge on any atom is -0.356 e. The van der Waals surface area contributed by atoms with E-state index in [2.05, 4.69) is 20.3 Å². The second-order valence-electron chi connectivity index (χ2n) is 6.49. The SMILES string of the molecule is O=C(Cc1noc2ccccc12)N1CC(c2nc(-c3ccncc3)no2)C1. The van der Waals surface area contributed by atoms with Crippen LogP contribution < -0.4 is 0 Å². The quantitative estimate of drug-likeness (QED) is 0.550. The highest BCUT2D eigenvalue weighted by Crippen LogP contribution is 2.28. The van der Waals surface area contributed by atoms with Gasteiger partial charge in [-0.05, 0) is 24.3 Å². The van der Waals surface area contributed by atoms with Crippen LogP contribution in [-0.4, -0.2) is 44.2 Å². The topological polar surface area (TPSA) is 98.2 Å². The lowest BCUT2D eigenvalue weighted by atomic mass is 9.99. The molecule has 4 aromatic rings. The van der Waals surface area contributed by atoms with Crippen LogP contribution in [0.4, 0.5) is 0 Å². The molecule has 27 heavy (non-hydrogen) atoms. The summed E-state index contributed by atoms with van der Waals surface area (Å²) in [6.45, 7) is 1.12. The number of pyridine rings is 1. The van der Waals surface area contributed by atoms with Crippen LogP contribution in [0.2, 0.25) is 0 Å². The van der Waals surface area contributed by atoms with Crippen molar-refractivity contribution in [2.24, 2.45) is 0 Å².